The van der Waals surface area contributed by atoms with Gasteiger partial charge in [-0.3, -0.25) is 0 Å². The van der Waals surface area contributed by atoms with Gasteiger partial charge in [-0.05, 0) is 41.1 Å². The molecule has 2 rings (SSSR count). The highest BCUT2D eigenvalue weighted by Crippen LogP contribution is 2.25. The summed E-state index contributed by atoms with van der Waals surface area (Å²) in [6.07, 6.45) is 3.38. The third kappa shape index (κ3) is 2.90. The van der Waals surface area contributed by atoms with Crippen molar-refractivity contribution in [2.45, 2.75) is 19.8 Å². The summed E-state index contributed by atoms with van der Waals surface area (Å²) in [6, 6.07) is 8.07. The van der Waals surface area contributed by atoms with Crippen LogP contribution in [0, 0.1) is 3.57 Å². The Morgan fingerprint density at radius 2 is 2.06 bits per heavy atom. The SMILES string of the molecule is CCCc1c(N)ncnc1Nc1ccccc1I. The van der Waals surface area contributed by atoms with Crippen LogP contribution in [-0.2, 0) is 6.42 Å². The molecule has 3 N–H and O–H groups in total. The zero-order valence-electron chi connectivity index (χ0n) is 10.2. The van der Waals surface area contributed by atoms with Crippen molar-refractivity contribution < 1.29 is 0 Å². The maximum Gasteiger partial charge on any atom is 0.139 e. The van der Waals surface area contributed by atoms with Gasteiger partial charge in [0.1, 0.15) is 18.0 Å². The topological polar surface area (TPSA) is 63.8 Å². The first-order chi connectivity index (χ1) is 8.72. The van der Waals surface area contributed by atoms with Crippen LogP contribution in [0.2, 0.25) is 0 Å². The zero-order chi connectivity index (χ0) is 13.0. The lowest BCUT2D eigenvalue weighted by atomic mass is 10.1. The lowest BCUT2D eigenvalue weighted by Crippen LogP contribution is -2.05. The standard InChI is InChI=1S/C13H15IN4/c1-2-5-9-12(15)16-8-17-13(9)18-11-7-4-3-6-10(11)14/h3-4,6-8H,2,5H2,1H3,(H3,15,16,17,18). The van der Waals surface area contributed by atoms with Gasteiger partial charge in [-0.15, -0.1) is 0 Å². The van der Waals surface area contributed by atoms with Crippen LogP contribution in [0.3, 0.4) is 0 Å². The molecule has 0 bridgehead atoms. The Kier molecular flexibility index (Phi) is 4.35. The number of halogens is 1. The van der Waals surface area contributed by atoms with Gasteiger partial charge in [-0.1, -0.05) is 25.5 Å². The van der Waals surface area contributed by atoms with Crippen molar-refractivity contribution in [1.82, 2.24) is 9.97 Å². The van der Waals surface area contributed by atoms with Gasteiger partial charge in [0, 0.05) is 9.13 Å². The van der Waals surface area contributed by atoms with Gasteiger partial charge >= 0.3 is 0 Å². The number of hydrogen-bond acceptors (Lipinski definition) is 4. The van der Waals surface area contributed by atoms with Crippen molar-refractivity contribution in [2.24, 2.45) is 0 Å². The number of nitrogens with two attached hydrogens (primary N) is 1. The second-order valence-corrected chi connectivity index (χ2v) is 5.10. The molecule has 4 nitrogen and oxygen atoms in total. The van der Waals surface area contributed by atoms with E-state index < -0.39 is 0 Å². The third-order valence-corrected chi connectivity index (χ3v) is 3.55. The monoisotopic (exact) mass is 354 g/mol. The van der Waals surface area contributed by atoms with E-state index in [0.717, 1.165) is 33.5 Å². The minimum Gasteiger partial charge on any atom is -0.383 e. The number of rotatable bonds is 4. The van der Waals surface area contributed by atoms with Crippen LogP contribution in [0.1, 0.15) is 18.9 Å². The Labute approximate surface area is 120 Å². The molecule has 5 heteroatoms. The second-order valence-electron chi connectivity index (χ2n) is 3.94. The molecule has 0 saturated heterocycles. The molecule has 0 fully saturated rings. The molecule has 0 aliphatic heterocycles. The van der Waals surface area contributed by atoms with Crippen LogP contribution >= 0.6 is 22.6 Å². The van der Waals surface area contributed by atoms with E-state index in [-0.39, 0.29) is 0 Å². The summed E-state index contributed by atoms with van der Waals surface area (Å²) in [6.45, 7) is 2.11. The minimum absolute atomic E-state index is 0.556. The first-order valence-electron chi connectivity index (χ1n) is 5.83. The summed E-state index contributed by atoms with van der Waals surface area (Å²) in [5.41, 5.74) is 7.93. The average molecular weight is 354 g/mol. The fourth-order valence-corrected chi connectivity index (χ4v) is 2.24. The van der Waals surface area contributed by atoms with Gasteiger partial charge in [-0.2, -0.15) is 0 Å². The van der Waals surface area contributed by atoms with Crippen LogP contribution < -0.4 is 11.1 Å². The molecule has 0 spiro atoms. The number of nitrogens with one attached hydrogen (secondary N) is 1. The predicted octanol–water partition coefficient (Wildman–Crippen LogP) is 3.36. The highest BCUT2D eigenvalue weighted by molar-refractivity contribution is 14.1. The first kappa shape index (κ1) is 13.1. The van der Waals surface area contributed by atoms with Crippen LogP contribution in [0.15, 0.2) is 30.6 Å². The van der Waals surface area contributed by atoms with E-state index >= 15 is 0 Å². The number of benzene rings is 1. The Morgan fingerprint density at radius 1 is 1.28 bits per heavy atom. The average Bonchev–Trinajstić information content (AvgIpc) is 2.36. The Balaban J connectivity index is 2.34. The normalized spacial score (nSPS) is 10.3. The minimum atomic E-state index is 0.556. The van der Waals surface area contributed by atoms with E-state index in [9.17, 15) is 0 Å². The van der Waals surface area contributed by atoms with Gasteiger partial charge in [-0.25, -0.2) is 9.97 Å². The largest absolute Gasteiger partial charge is 0.383 e. The molecular weight excluding hydrogens is 339 g/mol. The first-order valence-corrected chi connectivity index (χ1v) is 6.91. The van der Waals surface area contributed by atoms with E-state index in [1.807, 2.05) is 24.3 Å². The highest BCUT2D eigenvalue weighted by atomic mass is 127. The van der Waals surface area contributed by atoms with Gasteiger partial charge in [0.05, 0.1) is 5.69 Å². The van der Waals surface area contributed by atoms with Crippen LogP contribution in [-0.4, -0.2) is 9.97 Å². The van der Waals surface area contributed by atoms with Crippen molar-refractivity contribution in [1.29, 1.82) is 0 Å². The number of nitrogen functional groups attached to an aromatic ring is 1. The van der Waals surface area contributed by atoms with Crippen molar-refractivity contribution in [3.8, 4) is 0 Å². The molecule has 1 aromatic carbocycles. The molecule has 1 heterocycles. The smallest absolute Gasteiger partial charge is 0.139 e. The summed E-state index contributed by atoms with van der Waals surface area (Å²) in [5.74, 6) is 1.36. The predicted molar refractivity (Wildman–Crippen MR) is 82.9 cm³/mol. The van der Waals surface area contributed by atoms with Crippen LogP contribution in [0.5, 0.6) is 0 Å². The van der Waals surface area contributed by atoms with Gasteiger partial charge < -0.3 is 11.1 Å². The molecule has 0 unspecified atom stereocenters. The van der Waals surface area contributed by atoms with E-state index in [4.69, 9.17) is 5.73 Å². The van der Waals surface area contributed by atoms with E-state index in [1.54, 1.807) is 0 Å². The van der Waals surface area contributed by atoms with E-state index in [2.05, 4.69) is 44.8 Å². The molecule has 2 aromatic rings. The fraction of sp³-hybridized carbons (Fsp3) is 0.231. The number of aromatic nitrogens is 2. The van der Waals surface area contributed by atoms with Crippen molar-refractivity contribution in [2.75, 3.05) is 11.1 Å². The summed E-state index contributed by atoms with van der Waals surface area (Å²) in [7, 11) is 0. The molecule has 0 aliphatic rings. The molecule has 0 aliphatic carbocycles. The summed E-state index contributed by atoms with van der Waals surface area (Å²) >= 11 is 2.29. The van der Waals surface area contributed by atoms with Crippen LogP contribution in [0.4, 0.5) is 17.3 Å². The molecule has 0 saturated carbocycles. The molecule has 1 aromatic heterocycles. The maximum absolute atomic E-state index is 5.91. The van der Waals surface area contributed by atoms with Crippen molar-refractivity contribution in [3.63, 3.8) is 0 Å². The quantitative estimate of drug-likeness (QED) is 0.827. The molecule has 94 valence electrons. The maximum atomic E-state index is 5.91. The lowest BCUT2D eigenvalue weighted by molar-refractivity contribution is 0.908. The second kappa shape index (κ2) is 5.99. The van der Waals surface area contributed by atoms with Crippen LogP contribution in [0.25, 0.3) is 0 Å². The van der Waals surface area contributed by atoms with Crippen molar-refractivity contribution >= 4 is 39.9 Å². The Hall–Kier alpha value is -1.37. The van der Waals surface area contributed by atoms with Crippen molar-refractivity contribution in [3.05, 3.63) is 39.7 Å². The lowest BCUT2D eigenvalue weighted by Gasteiger charge is -2.12. The molecule has 0 atom stereocenters. The third-order valence-electron chi connectivity index (χ3n) is 2.61. The molecule has 0 radical (unpaired) electrons. The molecule has 18 heavy (non-hydrogen) atoms. The van der Waals surface area contributed by atoms with E-state index in [0.29, 0.717) is 5.82 Å². The summed E-state index contributed by atoms with van der Waals surface area (Å²) < 4.78 is 1.15. The molecule has 0 amide bonds. The summed E-state index contributed by atoms with van der Waals surface area (Å²) in [4.78, 5) is 8.34. The zero-order valence-corrected chi connectivity index (χ0v) is 12.3. The number of anilines is 3. The number of nitrogens with zero attached hydrogens (tertiary/aromatic N) is 2. The van der Waals surface area contributed by atoms with Gasteiger partial charge in [0.15, 0.2) is 0 Å². The highest BCUT2D eigenvalue weighted by Gasteiger charge is 2.09. The fourth-order valence-electron chi connectivity index (χ4n) is 1.72. The summed E-state index contributed by atoms with van der Waals surface area (Å²) in [5, 5.41) is 3.33. The number of hydrogen-bond donors (Lipinski definition) is 2. The Bertz CT molecular complexity index is 542. The van der Waals surface area contributed by atoms with E-state index in [1.165, 1.54) is 6.33 Å². The molecular formula is C13H15IN4. The van der Waals surface area contributed by atoms with Gasteiger partial charge in [0.25, 0.3) is 0 Å². The van der Waals surface area contributed by atoms with Gasteiger partial charge in [0.2, 0.25) is 0 Å². The number of para-hydroxylation sites is 1. The Morgan fingerprint density at radius 3 is 2.78 bits per heavy atom.